The molecule has 0 unspecified atom stereocenters. The second-order valence-electron chi connectivity index (χ2n) is 4.95. The van der Waals surface area contributed by atoms with Crippen LogP contribution in [-0.4, -0.2) is 27.6 Å². The zero-order valence-electron chi connectivity index (χ0n) is 11.7. The summed E-state index contributed by atoms with van der Waals surface area (Å²) in [5, 5.41) is 4.57. The number of aryl methyl sites for hydroxylation is 3. The molecule has 0 saturated carbocycles. The van der Waals surface area contributed by atoms with Gasteiger partial charge < -0.3 is 9.47 Å². The molecule has 1 aliphatic rings. The molecule has 0 spiro atoms. The fraction of sp³-hybridized carbons (Fsp3) is 0.429. The monoisotopic (exact) mass is 309 g/mol. The molecule has 0 radical (unpaired) electrons. The number of hydrogen-bond acceptors (Lipinski definition) is 4. The van der Waals surface area contributed by atoms with Crippen LogP contribution in [0.3, 0.4) is 0 Å². The van der Waals surface area contributed by atoms with Crippen molar-refractivity contribution in [2.45, 2.75) is 19.4 Å². The molecule has 3 rings (SSSR count). The molecule has 2 aromatic rings. The minimum Gasteiger partial charge on any atom is -0.489 e. The Morgan fingerprint density at radius 1 is 1.33 bits per heavy atom. The van der Waals surface area contributed by atoms with E-state index in [0.717, 1.165) is 12.0 Å². The van der Waals surface area contributed by atoms with Gasteiger partial charge in [-0.2, -0.15) is 5.10 Å². The summed E-state index contributed by atoms with van der Waals surface area (Å²) in [5.74, 6) is 1.27. The first-order chi connectivity index (χ1) is 10.1. The average Bonchev–Trinajstić information content (AvgIpc) is 2.68. The van der Waals surface area contributed by atoms with Crippen LogP contribution in [0.5, 0.6) is 11.5 Å². The van der Waals surface area contributed by atoms with E-state index in [4.69, 9.17) is 21.1 Å². The maximum atomic E-state index is 11.7. The fourth-order valence-electron chi connectivity index (χ4n) is 2.24. The molecule has 0 saturated heterocycles. The Hall–Kier alpha value is -1.95. The van der Waals surface area contributed by atoms with Gasteiger partial charge in [-0.25, -0.2) is 9.48 Å². The summed E-state index contributed by atoms with van der Waals surface area (Å²) in [7, 11) is 1.68. The van der Waals surface area contributed by atoms with Gasteiger partial charge in [-0.1, -0.05) is 11.6 Å². The molecular formula is C14H16ClN3O3. The van der Waals surface area contributed by atoms with Crippen LogP contribution in [0.25, 0.3) is 0 Å². The third kappa shape index (κ3) is 2.90. The zero-order valence-corrected chi connectivity index (χ0v) is 12.5. The van der Waals surface area contributed by atoms with Crippen molar-refractivity contribution in [2.24, 2.45) is 7.05 Å². The second kappa shape index (κ2) is 5.81. The quantitative estimate of drug-likeness (QED) is 0.865. The molecule has 1 aromatic carbocycles. The van der Waals surface area contributed by atoms with E-state index in [1.807, 2.05) is 12.1 Å². The Labute approximate surface area is 126 Å². The van der Waals surface area contributed by atoms with Gasteiger partial charge in [-0.15, -0.1) is 0 Å². The number of halogens is 1. The Morgan fingerprint density at radius 3 is 2.90 bits per heavy atom. The lowest BCUT2D eigenvalue weighted by Crippen LogP contribution is -2.23. The lowest BCUT2D eigenvalue weighted by Gasteiger charge is -2.11. The van der Waals surface area contributed by atoms with Crippen molar-refractivity contribution in [3.63, 3.8) is 0 Å². The lowest BCUT2D eigenvalue weighted by atomic mass is 10.1. The van der Waals surface area contributed by atoms with E-state index in [0.29, 0.717) is 42.7 Å². The zero-order chi connectivity index (χ0) is 14.8. The van der Waals surface area contributed by atoms with Crippen LogP contribution in [0.2, 0.25) is 5.02 Å². The van der Waals surface area contributed by atoms with Crippen LogP contribution in [-0.2, 0) is 20.0 Å². The predicted molar refractivity (Wildman–Crippen MR) is 78.2 cm³/mol. The number of nitrogens with zero attached hydrogens (tertiary/aromatic N) is 3. The minimum atomic E-state index is -0.129. The van der Waals surface area contributed by atoms with Gasteiger partial charge in [0.2, 0.25) is 0 Å². The van der Waals surface area contributed by atoms with Crippen LogP contribution in [0.15, 0.2) is 23.3 Å². The third-order valence-electron chi connectivity index (χ3n) is 3.36. The van der Waals surface area contributed by atoms with Crippen molar-refractivity contribution in [1.82, 2.24) is 14.3 Å². The van der Waals surface area contributed by atoms with Crippen molar-refractivity contribution in [1.29, 1.82) is 0 Å². The highest BCUT2D eigenvalue weighted by atomic mass is 35.5. The third-order valence-corrected chi connectivity index (χ3v) is 3.64. The summed E-state index contributed by atoms with van der Waals surface area (Å²) in [6.07, 6.45) is 2.99. The smallest absolute Gasteiger partial charge is 0.345 e. The molecule has 0 bridgehead atoms. The molecule has 0 fully saturated rings. The van der Waals surface area contributed by atoms with Crippen molar-refractivity contribution in [2.75, 3.05) is 13.2 Å². The van der Waals surface area contributed by atoms with Gasteiger partial charge in [0.05, 0.1) is 24.8 Å². The van der Waals surface area contributed by atoms with Gasteiger partial charge in [0.25, 0.3) is 0 Å². The summed E-state index contributed by atoms with van der Waals surface area (Å²) in [6.45, 7) is 1.72. The van der Waals surface area contributed by atoms with Crippen LogP contribution < -0.4 is 15.2 Å². The molecule has 0 atom stereocenters. The lowest BCUT2D eigenvalue weighted by molar-refractivity contribution is 0.297. The molecule has 1 aliphatic heterocycles. The van der Waals surface area contributed by atoms with Gasteiger partial charge in [-0.05, 0) is 24.1 Å². The van der Waals surface area contributed by atoms with Gasteiger partial charge in [0.1, 0.15) is 6.33 Å². The molecule has 0 amide bonds. The highest BCUT2D eigenvalue weighted by molar-refractivity contribution is 6.32. The first-order valence-corrected chi connectivity index (χ1v) is 7.19. The van der Waals surface area contributed by atoms with E-state index < -0.39 is 0 Å². The Kier molecular flexibility index (Phi) is 3.88. The summed E-state index contributed by atoms with van der Waals surface area (Å²) in [5.41, 5.74) is 0.859. The maximum Gasteiger partial charge on any atom is 0.345 e. The first-order valence-electron chi connectivity index (χ1n) is 6.81. The van der Waals surface area contributed by atoms with Crippen LogP contribution in [0.4, 0.5) is 0 Å². The molecule has 6 nitrogen and oxygen atoms in total. The van der Waals surface area contributed by atoms with E-state index >= 15 is 0 Å². The first kappa shape index (κ1) is 14.0. The molecule has 1 aromatic heterocycles. The van der Waals surface area contributed by atoms with Crippen molar-refractivity contribution >= 4 is 11.6 Å². The number of benzene rings is 1. The Balaban J connectivity index is 1.80. The van der Waals surface area contributed by atoms with E-state index in [1.165, 1.54) is 15.6 Å². The normalized spacial score (nSPS) is 14.0. The van der Waals surface area contributed by atoms with E-state index in [2.05, 4.69) is 5.10 Å². The topological polar surface area (TPSA) is 58.3 Å². The maximum absolute atomic E-state index is 11.7. The largest absolute Gasteiger partial charge is 0.489 e. The molecule has 7 heteroatoms. The van der Waals surface area contributed by atoms with Crippen molar-refractivity contribution in [3.8, 4) is 11.5 Å². The highest BCUT2D eigenvalue weighted by Gasteiger charge is 2.15. The van der Waals surface area contributed by atoms with E-state index in [-0.39, 0.29) is 5.69 Å². The molecule has 0 N–H and O–H groups in total. The second-order valence-corrected chi connectivity index (χ2v) is 5.36. The highest BCUT2D eigenvalue weighted by Crippen LogP contribution is 2.38. The summed E-state index contributed by atoms with van der Waals surface area (Å²) in [6, 6.07) is 3.77. The van der Waals surface area contributed by atoms with Gasteiger partial charge >= 0.3 is 5.69 Å². The number of aromatic nitrogens is 3. The molecular weight excluding hydrogens is 294 g/mol. The van der Waals surface area contributed by atoms with Crippen molar-refractivity contribution in [3.05, 3.63) is 39.5 Å². The van der Waals surface area contributed by atoms with Gasteiger partial charge in [-0.3, -0.25) is 4.57 Å². The summed E-state index contributed by atoms with van der Waals surface area (Å²) >= 11 is 6.24. The number of ether oxygens (including phenoxy) is 2. The van der Waals surface area contributed by atoms with Crippen LogP contribution in [0, 0.1) is 0 Å². The number of rotatable bonds is 3. The average molecular weight is 310 g/mol. The van der Waals surface area contributed by atoms with E-state index in [1.54, 1.807) is 7.05 Å². The van der Waals surface area contributed by atoms with Gasteiger partial charge in [0.15, 0.2) is 11.5 Å². The molecule has 21 heavy (non-hydrogen) atoms. The molecule has 2 heterocycles. The molecule has 112 valence electrons. The minimum absolute atomic E-state index is 0.129. The number of hydrogen-bond donors (Lipinski definition) is 0. The van der Waals surface area contributed by atoms with Crippen molar-refractivity contribution < 1.29 is 9.47 Å². The summed E-state index contributed by atoms with van der Waals surface area (Å²) < 4.78 is 14.1. The molecule has 0 aliphatic carbocycles. The standard InChI is InChI=1S/C14H16ClN3O3/c1-17-9-16-18(14(17)19)4-3-10-7-11(15)13-12(8-10)20-5-2-6-21-13/h7-9H,2-6H2,1H3. The Morgan fingerprint density at radius 2 is 2.14 bits per heavy atom. The van der Waals surface area contributed by atoms with Gasteiger partial charge in [0, 0.05) is 13.5 Å². The fourth-order valence-corrected chi connectivity index (χ4v) is 2.53. The SMILES string of the molecule is Cn1cnn(CCc2cc(Cl)c3c(c2)OCCCO3)c1=O. The van der Waals surface area contributed by atoms with E-state index in [9.17, 15) is 4.79 Å². The van der Waals surface area contributed by atoms with Crippen LogP contribution in [0.1, 0.15) is 12.0 Å². The Bertz CT molecular complexity index is 708. The van der Waals surface area contributed by atoms with Crippen LogP contribution >= 0.6 is 11.6 Å². The predicted octanol–water partition coefficient (Wildman–Crippen LogP) is 1.64. The number of fused-ring (bicyclic) bond motifs is 1. The summed E-state index contributed by atoms with van der Waals surface area (Å²) in [4.78, 5) is 11.7.